The summed E-state index contributed by atoms with van der Waals surface area (Å²) in [5.74, 6) is -0.973. The first-order valence-corrected chi connectivity index (χ1v) is 11.2. The topological polar surface area (TPSA) is 66.5 Å². The van der Waals surface area contributed by atoms with Gasteiger partial charge < -0.3 is 5.32 Å². The quantitative estimate of drug-likeness (QED) is 0.674. The van der Waals surface area contributed by atoms with Crippen molar-refractivity contribution in [2.45, 2.75) is 19.4 Å². The Morgan fingerprint density at radius 3 is 2.48 bits per heavy atom. The molecule has 29 heavy (non-hydrogen) atoms. The van der Waals surface area contributed by atoms with Crippen LogP contribution < -0.4 is 5.32 Å². The third kappa shape index (κ3) is 4.02. The van der Waals surface area contributed by atoms with Crippen molar-refractivity contribution in [2.75, 3.05) is 18.1 Å². The van der Waals surface area contributed by atoms with E-state index in [1.807, 2.05) is 24.3 Å². The lowest BCUT2D eigenvalue weighted by Crippen LogP contribution is -2.37. The van der Waals surface area contributed by atoms with Crippen LogP contribution in [-0.2, 0) is 34.2 Å². The van der Waals surface area contributed by atoms with Gasteiger partial charge in [0, 0.05) is 23.2 Å². The molecule has 1 amide bonds. The van der Waals surface area contributed by atoms with E-state index in [0.29, 0.717) is 5.69 Å². The van der Waals surface area contributed by atoms with Crippen LogP contribution in [-0.4, -0.2) is 31.4 Å². The van der Waals surface area contributed by atoms with Crippen LogP contribution in [0, 0.1) is 5.82 Å². The number of halogens is 1. The number of aryl methyl sites for hydroxylation is 2. The third-order valence-corrected chi connectivity index (χ3v) is 6.44. The molecule has 0 radical (unpaired) electrons. The molecule has 0 fully saturated rings. The van der Waals surface area contributed by atoms with Crippen LogP contribution >= 0.6 is 0 Å². The van der Waals surface area contributed by atoms with Crippen molar-refractivity contribution >= 4 is 32.4 Å². The maximum absolute atomic E-state index is 14.0. The molecule has 1 aliphatic carbocycles. The summed E-state index contributed by atoms with van der Waals surface area (Å²) in [6.45, 7) is -0.598. The minimum Gasteiger partial charge on any atom is -0.324 e. The van der Waals surface area contributed by atoms with Gasteiger partial charge >= 0.3 is 0 Å². The summed E-state index contributed by atoms with van der Waals surface area (Å²) in [6, 6.07) is 15.8. The van der Waals surface area contributed by atoms with Crippen LogP contribution in [0.25, 0.3) is 10.8 Å². The number of anilines is 1. The summed E-state index contributed by atoms with van der Waals surface area (Å²) in [4.78, 5) is 12.7. The molecule has 0 spiro atoms. The number of nitrogens with zero attached hydrogens (tertiary/aromatic N) is 1. The monoisotopic (exact) mass is 412 g/mol. The summed E-state index contributed by atoms with van der Waals surface area (Å²) >= 11 is 0. The van der Waals surface area contributed by atoms with Crippen LogP contribution in [0.15, 0.2) is 54.6 Å². The zero-order valence-corrected chi connectivity index (χ0v) is 16.8. The fourth-order valence-corrected chi connectivity index (χ4v) is 4.54. The largest absolute Gasteiger partial charge is 0.324 e. The highest BCUT2D eigenvalue weighted by molar-refractivity contribution is 7.88. The van der Waals surface area contributed by atoms with Crippen LogP contribution in [0.4, 0.5) is 10.1 Å². The third-order valence-electron chi connectivity index (χ3n) is 5.24. The van der Waals surface area contributed by atoms with Gasteiger partial charge in [0.05, 0.1) is 12.8 Å². The number of sulfonamides is 1. The van der Waals surface area contributed by atoms with E-state index in [1.54, 1.807) is 6.07 Å². The average Bonchev–Trinajstić information content (AvgIpc) is 3.09. The number of carbonyl (C=O) groups excluding carboxylic acids is 1. The molecule has 1 N–H and O–H groups in total. The molecule has 5 nitrogen and oxygen atoms in total. The molecule has 0 saturated carbocycles. The van der Waals surface area contributed by atoms with Crippen molar-refractivity contribution in [3.8, 4) is 0 Å². The van der Waals surface area contributed by atoms with Gasteiger partial charge in [0.15, 0.2) is 0 Å². The minimum absolute atomic E-state index is 0.206. The Hall–Kier alpha value is -2.77. The molecule has 0 aliphatic heterocycles. The standard InChI is InChI=1S/C22H21FN2O3S/c1-29(27,28)25(13-17-5-2-3-8-19(17)23)14-21(26)24-20-12-11-16-10-9-15-6-4-7-18(20)22(15)16/h2-8,11-12H,9-10,13-14H2,1H3,(H,24,26). The summed E-state index contributed by atoms with van der Waals surface area (Å²) in [5, 5.41) is 4.94. The first-order valence-electron chi connectivity index (χ1n) is 9.35. The lowest BCUT2D eigenvalue weighted by Gasteiger charge is -2.20. The summed E-state index contributed by atoms with van der Waals surface area (Å²) < 4.78 is 39.3. The molecule has 0 bridgehead atoms. The molecule has 0 heterocycles. The Morgan fingerprint density at radius 1 is 1.03 bits per heavy atom. The Balaban J connectivity index is 1.57. The Bertz CT molecular complexity index is 1200. The molecule has 3 aromatic rings. The lowest BCUT2D eigenvalue weighted by atomic mass is 10.0. The van der Waals surface area contributed by atoms with Gasteiger partial charge in [-0.15, -0.1) is 0 Å². The molecule has 7 heteroatoms. The van der Waals surface area contributed by atoms with E-state index in [4.69, 9.17) is 0 Å². The molecule has 0 atom stereocenters. The maximum atomic E-state index is 14.0. The molecule has 0 aromatic heterocycles. The van der Waals surface area contributed by atoms with E-state index < -0.39 is 28.3 Å². The highest BCUT2D eigenvalue weighted by Crippen LogP contribution is 2.35. The van der Waals surface area contributed by atoms with E-state index in [2.05, 4.69) is 11.4 Å². The Kier molecular flexibility index (Phi) is 5.10. The van der Waals surface area contributed by atoms with Crippen molar-refractivity contribution in [1.82, 2.24) is 4.31 Å². The number of carbonyl (C=O) groups is 1. The van der Waals surface area contributed by atoms with Gasteiger partial charge in [-0.1, -0.05) is 42.5 Å². The maximum Gasteiger partial charge on any atom is 0.239 e. The zero-order valence-electron chi connectivity index (χ0n) is 16.0. The molecule has 1 aliphatic rings. The van der Waals surface area contributed by atoms with Gasteiger partial charge in [-0.25, -0.2) is 12.8 Å². The smallest absolute Gasteiger partial charge is 0.239 e. The van der Waals surface area contributed by atoms with Crippen LogP contribution in [0.5, 0.6) is 0 Å². The number of benzene rings is 3. The van der Waals surface area contributed by atoms with Crippen LogP contribution in [0.2, 0.25) is 0 Å². The second-order valence-corrected chi connectivity index (χ2v) is 9.27. The summed E-state index contributed by atoms with van der Waals surface area (Å²) in [7, 11) is -3.71. The second-order valence-electron chi connectivity index (χ2n) is 7.28. The molecular formula is C22H21FN2O3S. The van der Waals surface area contributed by atoms with Gasteiger partial charge in [-0.3, -0.25) is 4.79 Å². The van der Waals surface area contributed by atoms with E-state index in [-0.39, 0.29) is 12.1 Å². The van der Waals surface area contributed by atoms with Gasteiger partial charge in [-0.2, -0.15) is 4.31 Å². The van der Waals surface area contributed by atoms with E-state index in [9.17, 15) is 17.6 Å². The van der Waals surface area contributed by atoms with E-state index in [0.717, 1.165) is 34.2 Å². The Morgan fingerprint density at radius 2 is 1.76 bits per heavy atom. The van der Waals surface area contributed by atoms with Gasteiger partial charge in [0.1, 0.15) is 5.82 Å². The number of nitrogens with one attached hydrogen (secondary N) is 1. The minimum atomic E-state index is -3.71. The van der Waals surface area contributed by atoms with Crippen molar-refractivity contribution in [2.24, 2.45) is 0 Å². The predicted octanol–water partition coefficient (Wildman–Crippen LogP) is 3.48. The number of hydrogen-bond donors (Lipinski definition) is 1. The van der Waals surface area contributed by atoms with E-state index in [1.165, 1.54) is 29.3 Å². The fraction of sp³-hybridized carbons (Fsp3) is 0.227. The highest BCUT2D eigenvalue weighted by atomic mass is 32.2. The van der Waals surface area contributed by atoms with Crippen molar-refractivity contribution < 1.29 is 17.6 Å². The van der Waals surface area contributed by atoms with Gasteiger partial charge in [0.25, 0.3) is 0 Å². The van der Waals surface area contributed by atoms with Crippen molar-refractivity contribution in [3.05, 3.63) is 77.1 Å². The first kappa shape index (κ1) is 19.5. The Labute approximate surface area is 169 Å². The van der Waals surface area contributed by atoms with Gasteiger partial charge in [0.2, 0.25) is 15.9 Å². The molecule has 3 aromatic carbocycles. The van der Waals surface area contributed by atoms with Crippen LogP contribution in [0.1, 0.15) is 16.7 Å². The lowest BCUT2D eigenvalue weighted by molar-refractivity contribution is -0.116. The SMILES string of the molecule is CS(=O)(=O)N(CC(=O)Nc1ccc2c3c(cccc13)CC2)Cc1ccccc1F. The van der Waals surface area contributed by atoms with Crippen molar-refractivity contribution in [1.29, 1.82) is 0 Å². The number of hydrogen-bond acceptors (Lipinski definition) is 3. The van der Waals surface area contributed by atoms with Crippen LogP contribution in [0.3, 0.4) is 0 Å². The number of rotatable bonds is 6. The number of amides is 1. The molecule has 0 saturated heterocycles. The second kappa shape index (κ2) is 7.57. The summed E-state index contributed by atoms with van der Waals surface area (Å²) in [6.07, 6.45) is 2.98. The zero-order chi connectivity index (χ0) is 20.6. The van der Waals surface area contributed by atoms with Gasteiger partial charge in [-0.05, 0) is 41.5 Å². The van der Waals surface area contributed by atoms with E-state index >= 15 is 0 Å². The first-order chi connectivity index (χ1) is 13.8. The fourth-order valence-electron chi connectivity index (χ4n) is 3.81. The van der Waals surface area contributed by atoms with Crippen molar-refractivity contribution in [3.63, 3.8) is 0 Å². The summed E-state index contributed by atoms with van der Waals surface area (Å²) in [5.41, 5.74) is 3.38. The molecule has 4 rings (SSSR count). The normalized spacial score (nSPS) is 13.2. The predicted molar refractivity (Wildman–Crippen MR) is 112 cm³/mol. The molecular weight excluding hydrogens is 391 g/mol. The molecule has 0 unspecified atom stereocenters. The highest BCUT2D eigenvalue weighted by Gasteiger charge is 2.23. The molecule has 150 valence electrons. The average molecular weight is 412 g/mol.